The molecule has 5 N–H and O–H groups in total. The maximum Gasteiger partial charge on any atom is 0.227 e. The number of ether oxygens (including phenoxy) is 1. The van der Waals surface area contributed by atoms with Crippen molar-refractivity contribution in [3.05, 3.63) is 72.7 Å². The number of fused-ring (bicyclic) bond motifs is 1. The van der Waals surface area contributed by atoms with Gasteiger partial charge in [0.2, 0.25) is 5.95 Å². The Morgan fingerprint density at radius 3 is 2.55 bits per heavy atom. The molecule has 3 aromatic carbocycles. The second kappa shape index (κ2) is 12.9. The number of imidazole rings is 1. The van der Waals surface area contributed by atoms with Crippen molar-refractivity contribution < 1.29 is 9.84 Å². The number of aliphatic hydroxyl groups is 1. The van der Waals surface area contributed by atoms with E-state index in [0.29, 0.717) is 41.6 Å². The lowest BCUT2D eigenvalue weighted by Gasteiger charge is -2.24. The number of aromatic amines is 1. The Morgan fingerprint density at radius 1 is 0.976 bits per heavy atom. The monoisotopic (exact) mass is 566 g/mol. The number of anilines is 4. The number of methoxy groups -OCH3 is 1. The van der Waals surface area contributed by atoms with Crippen molar-refractivity contribution in [2.45, 2.75) is 12.8 Å². The van der Waals surface area contributed by atoms with Crippen LogP contribution in [0.1, 0.15) is 12.2 Å². The van der Waals surface area contributed by atoms with Crippen LogP contribution in [0.2, 0.25) is 0 Å². The van der Waals surface area contributed by atoms with Gasteiger partial charge in [0.1, 0.15) is 11.6 Å². The van der Waals surface area contributed by atoms with Crippen LogP contribution in [0.3, 0.4) is 0 Å². The Labute approximate surface area is 246 Å². The number of nitrogens with zero attached hydrogens (tertiary/aromatic N) is 5. The van der Waals surface area contributed by atoms with E-state index in [4.69, 9.17) is 20.4 Å². The van der Waals surface area contributed by atoms with Crippen LogP contribution >= 0.6 is 0 Å². The highest BCUT2D eigenvalue weighted by Crippen LogP contribution is 2.37. The second-order valence-electron chi connectivity index (χ2n) is 10.5. The fourth-order valence-electron chi connectivity index (χ4n) is 4.85. The fraction of sp³-hybridized carbons (Fsp3) is 0.281. The van der Waals surface area contributed by atoms with Crippen molar-refractivity contribution in [2.24, 2.45) is 0 Å². The van der Waals surface area contributed by atoms with Crippen LogP contribution in [-0.2, 0) is 6.42 Å². The van der Waals surface area contributed by atoms with Gasteiger partial charge in [-0.1, -0.05) is 36.4 Å². The van der Waals surface area contributed by atoms with Crippen molar-refractivity contribution in [1.29, 1.82) is 0 Å². The molecule has 0 unspecified atom stereocenters. The smallest absolute Gasteiger partial charge is 0.227 e. The summed E-state index contributed by atoms with van der Waals surface area (Å²) >= 11 is 0. The molecule has 0 fully saturated rings. The van der Waals surface area contributed by atoms with Gasteiger partial charge in [0.05, 0.1) is 41.3 Å². The summed E-state index contributed by atoms with van der Waals surface area (Å²) in [5.41, 5.74) is 11.9. The number of aryl methyl sites for hydroxylation is 1. The number of aromatic nitrogens is 4. The number of aliphatic hydroxyl groups excluding tert-OH is 1. The van der Waals surface area contributed by atoms with E-state index in [9.17, 15) is 5.11 Å². The first-order chi connectivity index (χ1) is 20.4. The Hall–Kier alpha value is -4.67. The van der Waals surface area contributed by atoms with E-state index in [0.717, 1.165) is 52.3 Å². The minimum Gasteiger partial charge on any atom is -0.494 e. The largest absolute Gasteiger partial charge is 0.494 e. The van der Waals surface area contributed by atoms with Crippen LogP contribution in [0.25, 0.3) is 33.4 Å². The van der Waals surface area contributed by atoms with E-state index in [-0.39, 0.29) is 6.61 Å². The minimum atomic E-state index is 0.0954. The number of nitrogens with two attached hydrogens (primary N) is 1. The topological polar surface area (TPSA) is 128 Å². The third-order valence-electron chi connectivity index (χ3n) is 7.15. The van der Waals surface area contributed by atoms with E-state index in [2.05, 4.69) is 55.4 Å². The zero-order chi connectivity index (χ0) is 29.6. The molecule has 0 aliphatic heterocycles. The standard InChI is InChI=1S/C32H38N8O2/c1-39(2)15-16-40(3)27-20-28(42-4)26(19-24(27)33)36-32-34-14-13-25(35-32)31-30(37-29(38-31)10-7-17-41)23-12-11-21-8-5-6-9-22(21)18-23/h5-6,8-9,11-14,18-20,41H,7,10,15-17,33H2,1-4H3,(H,37,38)(H,34,35,36). The molecule has 0 saturated carbocycles. The van der Waals surface area contributed by atoms with Crippen molar-refractivity contribution in [3.8, 4) is 28.4 Å². The molecule has 218 valence electrons. The molecule has 42 heavy (non-hydrogen) atoms. The van der Waals surface area contributed by atoms with Crippen molar-refractivity contribution in [1.82, 2.24) is 24.8 Å². The predicted molar refractivity (Wildman–Crippen MR) is 170 cm³/mol. The lowest BCUT2D eigenvalue weighted by molar-refractivity contribution is 0.287. The average Bonchev–Trinajstić information content (AvgIpc) is 3.43. The van der Waals surface area contributed by atoms with Crippen molar-refractivity contribution in [3.63, 3.8) is 0 Å². The molecule has 2 aromatic heterocycles. The zero-order valence-corrected chi connectivity index (χ0v) is 24.6. The summed E-state index contributed by atoms with van der Waals surface area (Å²) in [7, 11) is 7.73. The highest BCUT2D eigenvalue weighted by molar-refractivity contribution is 5.89. The van der Waals surface area contributed by atoms with Crippen LogP contribution in [0, 0.1) is 0 Å². The Morgan fingerprint density at radius 2 is 1.79 bits per heavy atom. The van der Waals surface area contributed by atoms with Gasteiger partial charge in [-0.2, -0.15) is 0 Å². The number of nitrogen functional groups attached to an aromatic ring is 1. The summed E-state index contributed by atoms with van der Waals surface area (Å²) in [5.74, 6) is 1.82. The maximum atomic E-state index is 9.40. The van der Waals surface area contributed by atoms with E-state index >= 15 is 0 Å². The van der Waals surface area contributed by atoms with Gasteiger partial charge in [-0.15, -0.1) is 0 Å². The third kappa shape index (κ3) is 6.45. The van der Waals surface area contributed by atoms with E-state index < -0.39 is 0 Å². The van der Waals surface area contributed by atoms with Gasteiger partial charge in [-0.05, 0) is 49.5 Å². The molecule has 2 heterocycles. The van der Waals surface area contributed by atoms with Crippen LogP contribution in [0.15, 0.2) is 66.9 Å². The van der Waals surface area contributed by atoms with E-state index in [1.54, 1.807) is 13.3 Å². The molecule has 10 nitrogen and oxygen atoms in total. The van der Waals surface area contributed by atoms with Gasteiger partial charge in [-0.3, -0.25) is 0 Å². The van der Waals surface area contributed by atoms with Crippen LogP contribution in [0.4, 0.5) is 23.0 Å². The minimum absolute atomic E-state index is 0.0954. The first kappa shape index (κ1) is 28.8. The highest BCUT2D eigenvalue weighted by atomic mass is 16.5. The molecule has 0 saturated heterocycles. The molecular weight excluding hydrogens is 528 g/mol. The van der Waals surface area contributed by atoms with Gasteiger partial charge < -0.3 is 35.7 Å². The summed E-state index contributed by atoms with van der Waals surface area (Å²) in [6.45, 7) is 1.82. The van der Waals surface area contributed by atoms with Gasteiger partial charge in [0.15, 0.2) is 0 Å². The number of benzene rings is 3. The molecule has 5 rings (SSSR count). The number of likely N-dealkylation sites (N-methyl/N-ethyl adjacent to an activating group) is 2. The summed E-state index contributed by atoms with van der Waals surface area (Å²) < 4.78 is 5.71. The van der Waals surface area contributed by atoms with Gasteiger partial charge in [-0.25, -0.2) is 15.0 Å². The summed E-state index contributed by atoms with van der Waals surface area (Å²) in [5, 5.41) is 15.0. The van der Waals surface area contributed by atoms with E-state index in [1.165, 1.54) is 0 Å². The zero-order valence-electron chi connectivity index (χ0n) is 24.6. The molecule has 0 spiro atoms. The number of hydrogen-bond acceptors (Lipinski definition) is 9. The first-order valence-corrected chi connectivity index (χ1v) is 14.0. The van der Waals surface area contributed by atoms with Gasteiger partial charge in [0, 0.05) is 51.0 Å². The third-order valence-corrected chi connectivity index (χ3v) is 7.15. The van der Waals surface area contributed by atoms with Crippen LogP contribution < -0.4 is 20.7 Å². The molecule has 5 aromatic rings. The molecule has 0 aliphatic rings. The second-order valence-corrected chi connectivity index (χ2v) is 10.5. The SMILES string of the molecule is COc1cc(N(C)CCN(C)C)c(N)cc1Nc1nccc(-c2[nH]c(CCCO)nc2-c2ccc3ccccc3c2)n1. The van der Waals surface area contributed by atoms with Crippen LogP contribution in [-0.4, -0.2) is 77.9 Å². The van der Waals surface area contributed by atoms with E-state index in [1.807, 2.05) is 51.5 Å². The van der Waals surface area contributed by atoms with Crippen molar-refractivity contribution >= 4 is 33.8 Å². The first-order valence-electron chi connectivity index (χ1n) is 14.0. The lowest BCUT2D eigenvalue weighted by atomic mass is 10.0. The Bertz CT molecular complexity index is 1670. The summed E-state index contributed by atoms with van der Waals surface area (Å²) in [4.78, 5) is 21.9. The predicted octanol–water partition coefficient (Wildman–Crippen LogP) is 4.94. The molecule has 0 radical (unpaired) electrons. The number of hydrogen-bond donors (Lipinski definition) is 4. The number of rotatable bonds is 12. The molecule has 0 atom stereocenters. The fourth-order valence-corrected chi connectivity index (χ4v) is 4.85. The van der Waals surface area contributed by atoms with Gasteiger partial charge >= 0.3 is 0 Å². The maximum absolute atomic E-state index is 9.40. The normalized spacial score (nSPS) is 11.3. The molecule has 0 bridgehead atoms. The van der Waals surface area contributed by atoms with Crippen LogP contribution in [0.5, 0.6) is 5.75 Å². The highest BCUT2D eigenvalue weighted by Gasteiger charge is 2.18. The summed E-state index contributed by atoms with van der Waals surface area (Å²) in [6, 6.07) is 20.2. The van der Waals surface area contributed by atoms with Gasteiger partial charge in [0.25, 0.3) is 0 Å². The molecule has 0 aliphatic carbocycles. The van der Waals surface area contributed by atoms with Crippen molar-refractivity contribution in [2.75, 3.05) is 63.9 Å². The number of nitrogens with one attached hydrogen (secondary N) is 2. The molecule has 10 heteroatoms. The molecular formula is C32H38N8O2. The Balaban J connectivity index is 1.48. The number of H-pyrrole nitrogens is 1. The summed E-state index contributed by atoms with van der Waals surface area (Å²) in [6.07, 6.45) is 2.95. The Kier molecular flexibility index (Phi) is 8.85. The quantitative estimate of drug-likeness (QED) is 0.155. The molecule has 0 amide bonds. The lowest BCUT2D eigenvalue weighted by Crippen LogP contribution is -2.29. The average molecular weight is 567 g/mol.